The predicted octanol–water partition coefficient (Wildman–Crippen LogP) is 1.89. The van der Waals surface area contributed by atoms with Crippen LogP contribution in [-0.4, -0.2) is 28.2 Å². The molecule has 0 radical (unpaired) electrons. The minimum atomic E-state index is 0.372. The first-order valence-corrected chi connectivity index (χ1v) is 7.13. The molecule has 2 aromatic heterocycles. The molecule has 0 spiro atoms. The van der Waals surface area contributed by atoms with Crippen LogP contribution < -0.4 is 5.32 Å². The molecule has 6 heteroatoms. The van der Waals surface area contributed by atoms with Gasteiger partial charge in [0.2, 0.25) is 5.89 Å². The smallest absolute Gasteiger partial charge is 0.231 e. The number of aromatic nitrogens is 3. The monoisotopic (exact) mass is 264 g/mol. The van der Waals surface area contributed by atoms with Crippen LogP contribution in [0.1, 0.15) is 41.2 Å². The molecule has 96 valence electrons. The molecule has 0 aromatic carbocycles. The van der Waals surface area contributed by atoms with Gasteiger partial charge in [-0.15, -0.1) is 11.3 Å². The number of rotatable bonds is 3. The van der Waals surface area contributed by atoms with Gasteiger partial charge in [0.15, 0.2) is 5.82 Å². The van der Waals surface area contributed by atoms with Crippen LogP contribution in [0, 0.1) is 6.92 Å². The lowest BCUT2D eigenvalue weighted by Crippen LogP contribution is -2.28. The third-order valence-corrected chi connectivity index (χ3v) is 3.96. The van der Waals surface area contributed by atoms with Crippen LogP contribution in [0.25, 0.3) is 0 Å². The number of piperidine rings is 1. The normalized spacial score (nSPS) is 20.2. The van der Waals surface area contributed by atoms with Crippen LogP contribution in [0.5, 0.6) is 0 Å². The van der Waals surface area contributed by atoms with Crippen molar-refractivity contribution in [3.05, 3.63) is 27.8 Å². The number of nitrogens with one attached hydrogen (secondary N) is 1. The van der Waals surface area contributed by atoms with Gasteiger partial charge in [0.1, 0.15) is 0 Å². The fourth-order valence-electron chi connectivity index (χ4n) is 2.22. The fraction of sp³-hybridized carbons (Fsp3) is 0.583. The summed E-state index contributed by atoms with van der Waals surface area (Å²) in [6, 6.07) is 0. The van der Waals surface area contributed by atoms with E-state index in [1.54, 1.807) is 11.3 Å². The maximum atomic E-state index is 5.36. The SMILES string of the molecule is Cc1nc(Cc2noc([C@@H]3CCCNC3)n2)cs1. The van der Waals surface area contributed by atoms with Crippen LogP contribution in [-0.2, 0) is 6.42 Å². The summed E-state index contributed by atoms with van der Waals surface area (Å²) in [5.41, 5.74) is 1.02. The highest BCUT2D eigenvalue weighted by Gasteiger charge is 2.21. The molecule has 5 nitrogen and oxygen atoms in total. The molecule has 0 aliphatic carbocycles. The molecule has 3 rings (SSSR count). The molecule has 1 aliphatic rings. The van der Waals surface area contributed by atoms with Crippen LogP contribution in [0.15, 0.2) is 9.90 Å². The van der Waals surface area contributed by atoms with Crippen molar-refractivity contribution in [2.45, 2.75) is 32.1 Å². The first-order valence-electron chi connectivity index (χ1n) is 6.25. The van der Waals surface area contributed by atoms with Crippen molar-refractivity contribution < 1.29 is 4.52 Å². The molecule has 2 aromatic rings. The van der Waals surface area contributed by atoms with E-state index < -0.39 is 0 Å². The third kappa shape index (κ3) is 2.59. The van der Waals surface area contributed by atoms with Crippen LogP contribution >= 0.6 is 11.3 Å². The van der Waals surface area contributed by atoms with E-state index in [1.165, 1.54) is 6.42 Å². The maximum absolute atomic E-state index is 5.36. The molecule has 1 aliphatic heterocycles. The van der Waals surface area contributed by atoms with E-state index >= 15 is 0 Å². The third-order valence-electron chi connectivity index (χ3n) is 3.14. The second-order valence-electron chi connectivity index (χ2n) is 4.63. The quantitative estimate of drug-likeness (QED) is 0.917. The van der Waals surface area contributed by atoms with E-state index in [0.29, 0.717) is 12.3 Å². The Bertz CT molecular complexity index is 516. The van der Waals surface area contributed by atoms with E-state index in [9.17, 15) is 0 Å². The molecule has 1 atom stereocenters. The zero-order chi connectivity index (χ0) is 12.4. The maximum Gasteiger partial charge on any atom is 0.231 e. The summed E-state index contributed by atoms with van der Waals surface area (Å²) in [5.74, 6) is 1.88. The minimum Gasteiger partial charge on any atom is -0.339 e. The van der Waals surface area contributed by atoms with Gasteiger partial charge in [-0.3, -0.25) is 0 Å². The van der Waals surface area contributed by atoms with Crippen LogP contribution in [0.4, 0.5) is 0 Å². The van der Waals surface area contributed by atoms with Gasteiger partial charge in [-0.1, -0.05) is 5.16 Å². The molecule has 1 saturated heterocycles. The van der Waals surface area contributed by atoms with Crippen molar-refractivity contribution in [2.24, 2.45) is 0 Å². The number of aryl methyl sites for hydroxylation is 1. The van der Waals surface area contributed by atoms with Crippen LogP contribution in [0.2, 0.25) is 0 Å². The molecule has 0 unspecified atom stereocenters. The Hall–Kier alpha value is -1.27. The van der Waals surface area contributed by atoms with E-state index in [0.717, 1.165) is 41.9 Å². The molecule has 18 heavy (non-hydrogen) atoms. The summed E-state index contributed by atoms with van der Waals surface area (Å²) >= 11 is 1.65. The van der Waals surface area contributed by atoms with E-state index in [2.05, 4.69) is 20.4 Å². The zero-order valence-electron chi connectivity index (χ0n) is 10.3. The standard InChI is InChI=1S/C12H16N4OS/c1-8-14-10(7-18-8)5-11-15-12(17-16-11)9-3-2-4-13-6-9/h7,9,13H,2-6H2,1H3/t9-/m1/s1. The van der Waals surface area contributed by atoms with Gasteiger partial charge < -0.3 is 9.84 Å². The molecule has 0 saturated carbocycles. The van der Waals surface area contributed by atoms with Gasteiger partial charge in [-0.2, -0.15) is 4.98 Å². The zero-order valence-corrected chi connectivity index (χ0v) is 11.2. The van der Waals surface area contributed by atoms with Gasteiger partial charge in [0.05, 0.1) is 23.0 Å². The topological polar surface area (TPSA) is 63.8 Å². The highest BCUT2D eigenvalue weighted by atomic mass is 32.1. The highest BCUT2D eigenvalue weighted by molar-refractivity contribution is 7.09. The van der Waals surface area contributed by atoms with Gasteiger partial charge in [-0.05, 0) is 26.3 Å². The van der Waals surface area contributed by atoms with Crippen molar-refractivity contribution >= 4 is 11.3 Å². The molecular weight excluding hydrogens is 248 g/mol. The Morgan fingerprint density at radius 2 is 2.44 bits per heavy atom. The van der Waals surface area contributed by atoms with E-state index in [-0.39, 0.29) is 0 Å². The summed E-state index contributed by atoms with van der Waals surface area (Å²) in [7, 11) is 0. The van der Waals surface area contributed by atoms with Gasteiger partial charge in [-0.25, -0.2) is 4.98 Å². The summed E-state index contributed by atoms with van der Waals surface area (Å²) in [6.45, 7) is 4.04. The second kappa shape index (κ2) is 5.16. The number of hydrogen-bond donors (Lipinski definition) is 1. The number of nitrogens with zero attached hydrogens (tertiary/aromatic N) is 3. The Kier molecular flexibility index (Phi) is 3.38. The number of thiazole rings is 1. The van der Waals surface area contributed by atoms with Crippen molar-refractivity contribution in [3.8, 4) is 0 Å². The summed E-state index contributed by atoms with van der Waals surface area (Å²) in [5, 5.41) is 10.5. The highest BCUT2D eigenvalue weighted by Crippen LogP contribution is 2.22. The lowest BCUT2D eigenvalue weighted by molar-refractivity contribution is 0.320. The first-order chi connectivity index (χ1) is 8.81. The average Bonchev–Trinajstić information content (AvgIpc) is 3.01. The Morgan fingerprint density at radius 3 is 3.17 bits per heavy atom. The first kappa shape index (κ1) is 11.8. The second-order valence-corrected chi connectivity index (χ2v) is 5.69. The van der Waals surface area contributed by atoms with Gasteiger partial charge in [0, 0.05) is 11.9 Å². The molecule has 1 fully saturated rings. The summed E-state index contributed by atoms with van der Waals surface area (Å²) in [6.07, 6.45) is 2.96. The number of hydrogen-bond acceptors (Lipinski definition) is 6. The van der Waals surface area contributed by atoms with Crippen molar-refractivity contribution in [1.82, 2.24) is 20.4 Å². The molecular formula is C12H16N4OS. The van der Waals surface area contributed by atoms with Gasteiger partial charge in [0.25, 0.3) is 0 Å². The molecule has 3 heterocycles. The van der Waals surface area contributed by atoms with E-state index in [1.807, 2.05) is 12.3 Å². The van der Waals surface area contributed by atoms with E-state index in [4.69, 9.17) is 4.52 Å². The van der Waals surface area contributed by atoms with Crippen molar-refractivity contribution in [3.63, 3.8) is 0 Å². The summed E-state index contributed by atoms with van der Waals surface area (Å²) < 4.78 is 5.36. The average molecular weight is 264 g/mol. The molecule has 0 bridgehead atoms. The molecule has 1 N–H and O–H groups in total. The predicted molar refractivity (Wildman–Crippen MR) is 68.8 cm³/mol. The fourth-order valence-corrected chi connectivity index (χ4v) is 2.83. The Balaban J connectivity index is 1.69. The lowest BCUT2D eigenvalue weighted by Gasteiger charge is -2.18. The minimum absolute atomic E-state index is 0.372. The molecule has 0 amide bonds. The van der Waals surface area contributed by atoms with Gasteiger partial charge >= 0.3 is 0 Å². The Morgan fingerprint density at radius 1 is 1.50 bits per heavy atom. The lowest BCUT2D eigenvalue weighted by atomic mass is 10.00. The largest absolute Gasteiger partial charge is 0.339 e. The summed E-state index contributed by atoms with van der Waals surface area (Å²) in [4.78, 5) is 8.90. The Labute approximate surface area is 110 Å². The van der Waals surface area contributed by atoms with Crippen molar-refractivity contribution in [1.29, 1.82) is 0 Å². The van der Waals surface area contributed by atoms with Crippen LogP contribution in [0.3, 0.4) is 0 Å². The van der Waals surface area contributed by atoms with Crippen molar-refractivity contribution in [2.75, 3.05) is 13.1 Å².